The molecule has 2 saturated heterocycles. The van der Waals surface area contributed by atoms with E-state index in [0.717, 1.165) is 0 Å². The number of rotatable bonds is 3. The maximum atomic E-state index is 6.30. The van der Waals surface area contributed by atoms with Crippen molar-refractivity contribution in [3.63, 3.8) is 0 Å². The summed E-state index contributed by atoms with van der Waals surface area (Å²) in [4.78, 5) is 4.73. The Labute approximate surface area is 86.9 Å². The molecule has 5 heteroatoms. The zero-order chi connectivity index (χ0) is 9.10. The van der Waals surface area contributed by atoms with Gasteiger partial charge in [-0.1, -0.05) is 0 Å². The Balaban J connectivity index is 1.73. The second kappa shape index (κ2) is 4.72. The maximum Gasteiger partial charge on any atom is 0.306 e. The van der Waals surface area contributed by atoms with Crippen LogP contribution in [-0.4, -0.2) is 49.3 Å². The molecule has 0 amide bonds. The van der Waals surface area contributed by atoms with Gasteiger partial charge in [-0.25, -0.2) is 0 Å². The van der Waals surface area contributed by atoms with Crippen LogP contribution < -0.4 is 0 Å². The number of nitrogens with zero attached hydrogens (tertiary/aromatic N) is 2. The second-order valence-corrected chi connectivity index (χ2v) is 4.46. The highest BCUT2D eigenvalue weighted by Crippen LogP contribution is 2.13. The molecule has 2 aliphatic heterocycles. The summed E-state index contributed by atoms with van der Waals surface area (Å²) in [7, 11) is 2.21. The second-order valence-electron chi connectivity index (χ2n) is 4.01. The van der Waals surface area contributed by atoms with Gasteiger partial charge in [0.2, 0.25) is 7.31 Å². The van der Waals surface area contributed by atoms with Crippen LogP contribution in [0.25, 0.3) is 0 Å². The van der Waals surface area contributed by atoms with Crippen LogP contribution in [0, 0.1) is 0 Å². The molecule has 2 nitrogen and oxygen atoms in total. The molecule has 0 bridgehead atoms. The van der Waals surface area contributed by atoms with E-state index in [9.17, 15) is 0 Å². The zero-order valence-electron chi connectivity index (χ0n) is 8.08. The van der Waals surface area contributed by atoms with Crippen LogP contribution in [0.1, 0.15) is 25.7 Å². The topological polar surface area (TPSA) is 6.48 Å². The van der Waals surface area contributed by atoms with Gasteiger partial charge in [0, 0.05) is 0 Å². The lowest BCUT2D eigenvalue weighted by atomic mass is 9.51. The highest BCUT2D eigenvalue weighted by atomic mass is 35.5. The van der Waals surface area contributed by atoms with E-state index < -0.39 is 0 Å². The molecule has 0 N–H and O–H groups in total. The monoisotopic (exact) mass is 197 g/mol. The van der Waals surface area contributed by atoms with Crippen molar-refractivity contribution in [3.8, 4) is 0 Å². The van der Waals surface area contributed by atoms with Gasteiger partial charge in [-0.15, -0.1) is 0 Å². The first-order valence-electron chi connectivity index (χ1n) is 5.33. The molecule has 0 aromatic rings. The van der Waals surface area contributed by atoms with Gasteiger partial charge in [-0.3, -0.25) is 0 Å². The fourth-order valence-corrected chi connectivity index (χ4v) is 2.50. The van der Waals surface area contributed by atoms with Crippen LogP contribution in [0.4, 0.5) is 0 Å². The molecule has 0 aromatic heterocycles. The van der Waals surface area contributed by atoms with Crippen molar-refractivity contribution in [3.05, 3.63) is 0 Å². The smallest absolute Gasteiger partial charge is 0.306 e. The summed E-state index contributed by atoms with van der Waals surface area (Å²) in [6, 6.07) is 0. The fraction of sp³-hybridized carbons (Fsp3) is 1.00. The third kappa shape index (κ3) is 2.64. The molecule has 0 saturated carbocycles. The number of hydrogen-bond acceptors (Lipinski definition) is 2. The first kappa shape index (κ1) is 9.88. The van der Waals surface area contributed by atoms with Crippen LogP contribution in [0.15, 0.2) is 0 Å². The third-order valence-corrected chi connectivity index (χ3v) is 3.35. The Bertz CT molecular complexity index is 158. The van der Waals surface area contributed by atoms with Crippen molar-refractivity contribution in [1.29, 1.82) is 0 Å². The van der Waals surface area contributed by atoms with Crippen LogP contribution >= 0.6 is 11.5 Å². The SMILES string of the molecule is ClB([B]N1CCCC1)N1CCCC1. The first-order chi connectivity index (χ1) is 6.36. The lowest BCUT2D eigenvalue weighted by molar-refractivity contribution is 0.535. The molecule has 0 aliphatic carbocycles. The first-order valence-corrected chi connectivity index (χ1v) is 5.77. The van der Waals surface area contributed by atoms with Gasteiger partial charge in [0.1, 0.15) is 0 Å². The summed E-state index contributed by atoms with van der Waals surface area (Å²) in [5, 5.41) is 0. The van der Waals surface area contributed by atoms with E-state index >= 15 is 0 Å². The molecule has 0 spiro atoms. The summed E-state index contributed by atoms with van der Waals surface area (Å²) in [5.74, 6) is 0. The van der Waals surface area contributed by atoms with Gasteiger partial charge < -0.3 is 9.62 Å². The van der Waals surface area contributed by atoms with E-state index in [1.54, 1.807) is 0 Å². The van der Waals surface area contributed by atoms with Crippen molar-refractivity contribution in [1.82, 2.24) is 9.62 Å². The number of halogens is 1. The molecule has 0 unspecified atom stereocenters. The third-order valence-electron chi connectivity index (χ3n) is 2.96. The van der Waals surface area contributed by atoms with Crippen molar-refractivity contribution in [2.45, 2.75) is 25.7 Å². The zero-order valence-corrected chi connectivity index (χ0v) is 8.84. The molecule has 2 aliphatic rings. The molecule has 2 fully saturated rings. The highest BCUT2D eigenvalue weighted by Gasteiger charge is 2.28. The summed E-state index contributed by atoms with van der Waals surface area (Å²) < 4.78 is 0. The van der Waals surface area contributed by atoms with E-state index in [2.05, 4.69) is 16.9 Å². The minimum atomic E-state index is 0.139. The van der Waals surface area contributed by atoms with Gasteiger partial charge >= 0.3 is 6.15 Å². The predicted molar refractivity (Wildman–Crippen MR) is 59.0 cm³/mol. The average Bonchev–Trinajstić information content (AvgIpc) is 2.74. The standard InChI is InChI=1S/C8H16B2ClN2/c11-10(13-7-3-4-8-13)9-12-5-1-2-6-12/h1-8H2. The van der Waals surface area contributed by atoms with Crippen LogP contribution in [0.3, 0.4) is 0 Å². The lowest BCUT2D eigenvalue weighted by Gasteiger charge is -2.22. The van der Waals surface area contributed by atoms with E-state index in [1.165, 1.54) is 51.9 Å². The normalized spacial score (nSPS) is 25.3. The summed E-state index contributed by atoms with van der Waals surface area (Å²) in [5.41, 5.74) is 0. The van der Waals surface area contributed by atoms with E-state index in [4.69, 9.17) is 11.5 Å². The van der Waals surface area contributed by atoms with Crippen LogP contribution in [0.2, 0.25) is 0 Å². The van der Waals surface area contributed by atoms with Gasteiger partial charge in [0.05, 0.1) is 0 Å². The largest absolute Gasteiger partial charge is 0.351 e. The quantitative estimate of drug-likeness (QED) is 0.623. The van der Waals surface area contributed by atoms with Crippen molar-refractivity contribution in [2.75, 3.05) is 26.2 Å². The highest BCUT2D eigenvalue weighted by molar-refractivity contribution is 7.34. The van der Waals surface area contributed by atoms with Gasteiger partial charge in [0.15, 0.2) is 0 Å². The lowest BCUT2D eigenvalue weighted by Crippen LogP contribution is -2.45. The minimum Gasteiger partial charge on any atom is -0.351 e. The molecule has 0 atom stereocenters. The van der Waals surface area contributed by atoms with Crippen LogP contribution in [0.5, 0.6) is 0 Å². The van der Waals surface area contributed by atoms with Gasteiger partial charge in [-0.2, -0.15) is 11.5 Å². The molecule has 1 radical (unpaired) electrons. The Morgan fingerprint density at radius 3 is 2.08 bits per heavy atom. The molecular weight excluding hydrogens is 181 g/mol. The molecule has 13 heavy (non-hydrogen) atoms. The molecular formula is C8H16B2ClN2. The van der Waals surface area contributed by atoms with E-state index in [0.29, 0.717) is 0 Å². The van der Waals surface area contributed by atoms with Gasteiger partial charge in [-0.05, 0) is 51.9 Å². The summed E-state index contributed by atoms with van der Waals surface area (Å²) >= 11 is 6.30. The molecule has 71 valence electrons. The van der Waals surface area contributed by atoms with E-state index in [1.807, 2.05) is 0 Å². The Morgan fingerprint density at radius 1 is 0.923 bits per heavy atom. The summed E-state index contributed by atoms with van der Waals surface area (Å²) in [6.45, 7) is 4.77. The van der Waals surface area contributed by atoms with Crippen LogP contribution in [-0.2, 0) is 0 Å². The van der Waals surface area contributed by atoms with Gasteiger partial charge in [0.25, 0.3) is 0 Å². The van der Waals surface area contributed by atoms with Crippen molar-refractivity contribution >= 4 is 24.9 Å². The minimum absolute atomic E-state index is 0.139. The molecule has 0 aromatic carbocycles. The fourth-order valence-electron chi connectivity index (χ4n) is 2.15. The average molecular weight is 197 g/mol. The summed E-state index contributed by atoms with van der Waals surface area (Å²) in [6.07, 6.45) is 5.44. The van der Waals surface area contributed by atoms with E-state index in [-0.39, 0.29) is 6.15 Å². The maximum absolute atomic E-state index is 6.30. The molecule has 2 heterocycles. The Morgan fingerprint density at radius 2 is 1.46 bits per heavy atom. The van der Waals surface area contributed by atoms with Crippen molar-refractivity contribution < 1.29 is 0 Å². The van der Waals surface area contributed by atoms with Crippen molar-refractivity contribution in [2.24, 2.45) is 0 Å². The Hall–Kier alpha value is 0.340. The number of hydrogen-bond donors (Lipinski definition) is 0. The Kier molecular flexibility index (Phi) is 3.58. The predicted octanol–water partition coefficient (Wildman–Crippen LogP) is 1.02. The molecule has 2 rings (SSSR count).